The molecule has 0 aliphatic heterocycles. The Bertz CT molecular complexity index is 596. The minimum Gasteiger partial charge on any atom is -0.271 e. The zero-order chi connectivity index (χ0) is 13.5. The van der Waals surface area contributed by atoms with E-state index in [0.717, 1.165) is 12.3 Å². The van der Waals surface area contributed by atoms with Gasteiger partial charge in [-0.25, -0.2) is 4.98 Å². The molecule has 4 unspecified atom stereocenters. The van der Waals surface area contributed by atoms with Gasteiger partial charge < -0.3 is 0 Å². The lowest BCUT2D eigenvalue weighted by atomic mass is 9.92. The van der Waals surface area contributed by atoms with Crippen molar-refractivity contribution in [2.24, 2.45) is 17.7 Å². The maximum atomic E-state index is 5.83. The molecule has 20 heavy (non-hydrogen) atoms. The van der Waals surface area contributed by atoms with E-state index >= 15 is 0 Å². The van der Waals surface area contributed by atoms with Crippen molar-refractivity contribution in [1.29, 1.82) is 0 Å². The van der Waals surface area contributed by atoms with Gasteiger partial charge in [-0.2, -0.15) is 0 Å². The van der Waals surface area contributed by atoms with Crippen LogP contribution in [0.3, 0.4) is 0 Å². The van der Waals surface area contributed by atoms with Crippen LogP contribution in [-0.2, 0) is 12.8 Å². The summed E-state index contributed by atoms with van der Waals surface area (Å²) in [4.78, 5) is 4.40. The van der Waals surface area contributed by atoms with Crippen LogP contribution in [0.4, 0.5) is 0 Å². The highest BCUT2D eigenvalue weighted by atomic mass is 32.1. The summed E-state index contributed by atoms with van der Waals surface area (Å²) in [6.45, 7) is 0. The van der Waals surface area contributed by atoms with Gasteiger partial charge in [-0.15, -0.1) is 11.3 Å². The summed E-state index contributed by atoms with van der Waals surface area (Å²) in [5, 5.41) is 3.22. The predicted molar refractivity (Wildman–Crippen MR) is 81.4 cm³/mol. The lowest BCUT2D eigenvalue weighted by molar-refractivity contribution is 0.440. The topological polar surface area (TPSA) is 50.9 Å². The van der Waals surface area contributed by atoms with E-state index in [9.17, 15) is 0 Å². The lowest BCUT2D eigenvalue weighted by Crippen LogP contribution is -2.39. The SMILES string of the molecule is NNC(Cc1nccs1)C1C2CCc3ccccc3C21. The number of thiazole rings is 1. The van der Waals surface area contributed by atoms with Gasteiger partial charge in [0.05, 0.1) is 5.01 Å². The number of fused-ring (bicyclic) bond motifs is 3. The van der Waals surface area contributed by atoms with E-state index in [0.29, 0.717) is 17.9 Å². The summed E-state index contributed by atoms with van der Waals surface area (Å²) in [7, 11) is 0. The highest BCUT2D eigenvalue weighted by molar-refractivity contribution is 7.09. The van der Waals surface area contributed by atoms with Gasteiger partial charge in [0.2, 0.25) is 0 Å². The molecule has 3 N–H and O–H groups in total. The summed E-state index contributed by atoms with van der Waals surface area (Å²) in [6, 6.07) is 9.27. The van der Waals surface area contributed by atoms with Crippen LogP contribution in [0.25, 0.3) is 0 Å². The molecule has 1 saturated carbocycles. The van der Waals surface area contributed by atoms with Gasteiger partial charge in [-0.05, 0) is 41.7 Å². The van der Waals surface area contributed by atoms with Crippen LogP contribution in [0, 0.1) is 11.8 Å². The van der Waals surface area contributed by atoms with Crippen molar-refractivity contribution in [1.82, 2.24) is 10.4 Å². The second-order valence-corrected chi connectivity index (χ2v) is 6.89. The van der Waals surface area contributed by atoms with Crippen LogP contribution in [0.5, 0.6) is 0 Å². The predicted octanol–water partition coefficient (Wildman–Crippen LogP) is 2.49. The Morgan fingerprint density at radius 2 is 2.30 bits per heavy atom. The summed E-state index contributed by atoms with van der Waals surface area (Å²) < 4.78 is 0. The van der Waals surface area contributed by atoms with Gasteiger partial charge >= 0.3 is 0 Å². The van der Waals surface area contributed by atoms with Gasteiger partial charge in [0.1, 0.15) is 0 Å². The van der Waals surface area contributed by atoms with E-state index in [2.05, 4.69) is 34.7 Å². The van der Waals surface area contributed by atoms with Crippen molar-refractivity contribution in [3.8, 4) is 0 Å². The Hall–Kier alpha value is -1.23. The van der Waals surface area contributed by atoms with Crippen LogP contribution < -0.4 is 11.3 Å². The van der Waals surface area contributed by atoms with Crippen LogP contribution in [0.15, 0.2) is 35.8 Å². The molecule has 4 rings (SSSR count). The number of hydrogen-bond acceptors (Lipinski definition) is 4. The van der Waals surface area contributed by atoms with E-state index < -0.39 is 0 Å². The Kier molecular flexibility index (Phi) is 3.10. The second-order valence-electron chi connectivity index (χ2n) is 5.91. The zero-order valence-corrected chi connectivity index (χ0v) is 12.1. The molecule has 4 heteroatoms. The second kappa shape index (κ2) is 4.95. The fourth-order valence-electron chi connectivity index (χ4n) is 4.02. The summed E-state index contributed by atoms with van der Waals surface area (Å²) in [6.07, 6.45) is 5.36. The average Bonchev–Trinajstić information content (AvgIpc) is 3.00. The third-order valence-electron chi connectivity index (χ3n) is 4.95. The molecule has 0 bridgehead atoms. The molecule has 1 fully saturated rings. The third-order valence-corrected chi connectivity index (χ3v) is 5.75. The first-order valence-corrected chi connectivity index (χ1v) is 8.18. The van der Waals surface area contributed by atoms with Gasteiger partial charge in [0.25, 0.3) is 0 Å². The lowest BCUT2D eigenvalue weighted by Gasteiger charge is -2.15. The fourth-order valence-corrected chi connectivity index (χ4v) is 4.69. The quantitative estimate of drug-likeness (QED) is 0.670. The normalized spacial score (nSPS) is 28.6. The highest BCUT2D eigenvalue weighted by Crippen LogP contribution is 2.61. The number of nitrogens with two attached hydrogens (primary N) is 1. The number of benzene rings is 1. The molecule has 2 aliphatic carbocycles. The van der Waals surface area contributed by atoms with Crippen molar-refractivity contribution >= 4 is 11.3 Å². The Labute approximate surface area is 123 Å². The summed E-state index contributed by atoms with van der Waals surface area (Å²) >= 11 is 1.72. The molecule has 104 valence electrons. The fraction of sp³-hybridized carbons (Fsp3) is 0.438. The number of hydrogen-bond donors (Lipinski definition) is 2. The molecule has 1 heterocycles. The molecule has 0 spiro atoms. The maximum absolute atomic E-state index is 5.83. The van der Waals surface area contributed by atoms with Gasteiger partial charge in [0, 0.05) is 24.0 Å². The highest BCUT2D eigenvalue weighted by Gasteiger charge is 2.56. The smallest absolute Gasteiger partial charge is 0.0940 e. The van der Waals surface area contributed by atoms with Gasteiger partial charge in [-0.1, -0.05) is 24.3 Å². The van der Waals surface area contributed by atoms with Crippen molar-refractivity contribution in [2.75, 3.05) is 0 Å². The van der Waals surface area contributed by atoms with Crippen molar-refractivity contribution in [2.45, 2.75) is 31.2 Å². The molecule has 0 saturated heterocycles. The molecular formula is C16H19N3S. The number of nitrogens with one attached hydrogen (secondary N) is 1. The standard InChI is InChI=1S/C16H19N3S/c17-19-13(9-14-18-7-8-20-14)16-12-6-5-10-3-1-2-4-11(10)15(12)16/h1-4,7-8,12-13,15-16,19H,5-6,9,17H2. The molecule has 2 aliphatic rings. The van der Waals surface area contributed by atoms with E-state index in [1.165, 1.54) is 17.8 Å². The average molecular weight is 285 g/mol. The number of hydrazine groups is 1. The van der Waals surface area contributed by atoms with Crippen LogP contribution in [-0.4, -0.2) is 11.0 Å². The Morgan fingerprint density at radius 1 is 1.40 bits per heavy atom. The summed E-state index contributed by atoms with van der Waals surface area (Å²) in [5.41, 5.74) is 6.16. The first-order valence-electron chi connectivity index (χ1n) is 7.31. The molecule has 2 aromatic rings. The van der Waals surface area contributed by atoms with Gasteiger partial charge in [0.15, 0.2) is 0 Å². The number of aromatic nitrogens is 1. The van der Waals surface area contributed by atoms with Crippen LogP contribution in [0.2, 0.25) is 0 Å². The van der Waals surface area contributed by atoms with Crippen molar-refractivity contribution in [3.63, 3.8) is 0 Å². The summed E-state index contributed by atoms with van der Waals surface area (Å²) in [5.74, 6) is 8.03. The minimum atomic E-state index is 0.349. The molecule has 4 atom stereocenters. The molecule has 3 nitrogen and oxygen atoms in total. The number of nitrogens with zero attached hydrogens (tertiary/aromatic N) is 1. The third kappa shape index (κ3) is 1.99. The number of aryl methyl sites for hydroxylation is 1. The van der Waals surface area contributed by atoms with E-state index in [1.54, 1.807) is 22.5 Å². The van der Waals surface area contributed by atoms with Crippen LogP contribution in [0.1, 0.15) is 28.5 Å². The van der Waals surface area contributed by atoms with Crippen molar-refractivity contribution < 1.29 is 0 Å². The molecule has 0 radical (unpaired) electrons. The Morgan fingerprint density at radius 3 is 3.10 bits per heavy atom. The minimum absolute atomic E-state index is 0.349. The molecule has 0 amide bonds. The van der Waals surface area contributed by atoms with Crippen LogP contribution >= 0.6 is 11.3 Å². The van der Waals surface area contributed by atoms with Gasteiger partial charge in [-0.3, -0.25) is 11.3 Å². The first kappa shape index (κ1) is 12.5. The van der Waals surface area contributed by atoms with Crippen molar-refractivity contribution in [3.05, 3.63) is 52.0 Å². The Balaban J connectivity index is 1.56. The molecule has 1 aromatic carbocycles. The number of rotatable bonds is 4. The molecule has 1 aromatic heterocycles. The monoisotopic (exact) mass is 285 g/mol. The maximum Gasteiger partial charge on any atom is 0.0940 e. The molecular weight excluding hydrogens is 266 g/mol. The van der Waals surface area contributed by atoms with E-state index in [-0.39, 0.29) is 0 Å². The largest absolute Gasteiger partial charge is 0.271 e. The zero-order valence-electron chi connectivity index (χ0n) is 11.3. The van der Waals surface area contributed by atoms with E-state index in [4.69, 9.17) is 5.84 Å². The van der Waals surface area contributed by atoms with E-state index in [1.807, 2.05) is 11.6 Å². The first-order chi connectivity index (χ1) is 9.88.